The smallest absolute Gasteiger partial charge is 0.340 e. The van der Waals surface area contributed by atoms with Crippen LogP contribution in [-0.4, -0.2) is 37.3 Å². The largest absolute Gasteiger partial charge is 0.465 e. The fraction of sp³-hybridized carbons (Fsp3) is 0.467. The second-order valence-corrected chi connectivity index (χ2v) is 11.8. The van der Waals surface area contributed by atoms with Crippen molar-refractivity contribution in [2.45, 2.75) is 32.4 Å². The standard InChI is InChI=1S/C15H22N2O3Si/c1-19-15(18)12-6-5-7-13-14(12)17(10-16-13)11-20-8-9-21(2,3)4/h5-7,10H,8-9,11H2,1-4H3. The molecule has 0 amide bonds. The van der Waals surface area contributed by atoms with E-state index >= 15 is 0 Å². The van der Waals surface area contributed by atoms with Gasteiger partial charge in [-0.1, -0.05) is 25.7 Å². The number of esters is 1. The zero-order chi connectivity index (χ0) is 15.5. The van der Waals surface area contributed by atoms with Gasteiger partial charge in [0.2, 0.25) is 0 Å². The lowest BCUT2D eigenvalue weighted by Crippen LogP contribution is -2.22. The maximum Gasteiger partial charge on any atom is 0.340 e. The number of imidazole rings is 1. The second kappa shape index (κ2) is 6.40. The first-order valence-corrected chi connectivity index (χ1v) is 10.7. The second-order valence-electron chi connectivity index (χ2n) is 6.23. The molecule has 0 saturated heterocycles. The van der Waals surface area contributed by atoms with Crippen molar-refractivity contribution in [3.63, 3.8) is 0 Å². The molecule has 0 atom stereocenters. The van der Waals surface area contributed by atoms with Gasteiger partial charge in [0.15, 0.2) is 0 Å². The minimum absolute atomic E-state index is 0.357. The summed E-state index contributed by atoms with van der Waals surface area (Å²) in [6.45, 7) is 8.08. The minimum atomic E-state index is -1.09. The molecule has 1 heterocycles. The fourth-order valence-corrected chi connectivity index (χ4v) is 2.80. The third kappa shape index (κ3) is 3.92. The van der Waals surface area contributed by atoms with Crippen molar-refractivity contribution in [1.29, 1.82) is 0 Å². The number of hydrogen-bond acceptors (Lipinski definition) is 4. The summed E-state index contributed by atoms with van der Waals surface area (Å²) in [4.78, 5) is 16.1. The minimum Gasteiger partial charge on any atom is -0.465 e. The van der Waals surface area contributed by atoms with Crippen molar-refractivity contribution >= 4 is 25.1 Å². The number of aromatic nitrogens is 2. The van der Waals surface area contributed by atoms with Gasteiger partial charge in [-0.3, -0.25) is 0 Å². The van der Waals surface area contributed by atoms with E-state index in [9.17, 15) is 4.79 Å². The summed E-state index contributed by atoms with van der Waals surface area (Å²) in [7, 11) is 0.290. The molecule has 1 aromatic carbocycles. The molecule has 0 bridgehead atoms. The summed E-state index contributed by atoms with van der Waals surface area (Å²) < 4.78 is 12.4. The van der Waals surface area contributed by atoms with Crippen molar-refractivity contribution in [2.24, 2.45) is 0 Å². The van der Waals surface area contributed by atoms with Gasteiger partial charge < -0.3 is 14.0 Å². The summed E-state index contributed by atoms with van der Waals surface area (Å²) in [5.41, 5.74) is 2.05. The van der Waals surface area contributed by atoms with Gasteiger partial charge in [0.1, 0.15) is 6.73 Å². The van der Waals surface area contributed by atoms with Crippen LogP contribution in [0.5, 0.6) is 0 Å². The summed E-state index contributed by atoms with van der Waals surface area (Å²) >= 11 is 0. The van der Waals surface area contributed by atoms with Crippen LogP contribution >= 0.6 is 0 Å². The van der Waals surface area contributed by atoms with Crippen molar-refractivity contribution < 1.29 is 14.3 Å². The van der Waals surface area contributed by atoms with E-state index in [0.717, 1.165) is 23.7 Å². The molecule has 2 rings (SSSR count). The first-order chi connectivity index (χ1) is 9.92. The first kappa shape index (κ1) is 15.7. The van der Waals surface area contributed by atoms with Crippen LogP contribution in [0.15, 0.2) is 24.5 Å². The third-order valence-electron chi connectivity index (χ3n) is 3.27. The van der Waals surface area contributed by atoms with Gasteiger partial charge in [-0.05, 0) is 18.2 Å². The highest BCUT2D eigenvalue weighted by Crippen LogP contribution is 2.19. The molecule has 0 saturated carbocycles. The molecule has 0 aliphatic heterocycles. The molecule has 5 nitrogen and oxygen atoms in total. The number of carbonyl (C=O) groups is 1. The fourth-order valence-electron chi connectivity index (χ4n) is 2.04. The van der Waals surface area contributed by atoms with Crippen LogP contribution in [0.3, 0.4) is 0 Å². The van der Waals surface area contributed by atoms with E-state index in [-0.39, 0.29) is 5.97 Å². The number of methoxy groups -OCH3 is 1. The zero-order valence-corrected chi connectivity index (χ0v) is 14.0. The topological polar surface area (TPSA) is 53.3 Å². The Bertz CT molecular complexity index is 631. The van der Waals surface area contributed by atoms with Crippen molar-refractivity contribution in [1.82, 2.24) is 9.55 Å². The molecule has 6 heteroatoms. The zero-order valence-electron chi connectivity index (χ0n) is 13.0. The van der Waals surface area contributed by atoms with E-state index in [2.05, 4.69) is 24.6 Å². The van der Waals surface area contributed by atoms with Gasteiger partial charge >= 0.3 is 5.97 Å². The first-order valence-electron chi connectivity index (χ1n) is 7.02. The molecule has 0 unspecified atom stereocenters. The average molecular weight is 306 g/mol. The quantitative estimate of drug-likeness (QED) is 0.467. The molecule has 1 aromatic heterocycles. The van der Waals surface area contributed by atoms with Crippen LogP contribution in [0.4, 0.5) is 0 Å². The van der Waals surface area contributed by atoms with Gasteiger partial charge in [0, 0.05) is 14.7 Å². The number of nitrogens with zero attached hydrogens (tertiary/aromatic N) is 2. The van der Waals surface area contributed by atoms with E-state index in [1.54, 1.807) is 18.5 Å². The Morgan fingerprint density at radius 2 is 2.10 bits per heavy atom. The summed E-state index contributed by atoms with van der Waals surface area (Å²) in [5, 5.41) is 0. The van der Waals surface area contributed by atoms with Crippen molar-refractivity contribution in [2.75, 3.05) is 13.7 Å². The highest BCUT2D eigenvalue weighted by molar-refractivity contribution is 6.76. The lowest BCUT2D eigenvalue weighted by atomic mass is 10.2. The van der Waals surface area contributed by atoms with Gasteiger partial charge in [0.25, 0.3) is 0 Å². The Morgan fingerprint density at radius 1 is 1.33 bits per heavy atom. The Hall–Kier alpha value is -1.66. The predicted molar refractivity (Wildman–Crippen MR) is 85.2 cm³/mol. The third-order valence-corrected chi connectivity index (χ3v) is 4.97. The van der Waals surface area contributed by atoms with Gasteiger partial charge in [-0.2, -0.15) is 0 Å². The number of fused-ring (bicyclic) bond motifs is 1. The maximum atomic E-state index is 11.8. The number of benzene rings is 1. The normalized spacial score (nSPS) is 11.8. The van der Waals surface area contributed by atoms with Crippen LogP contribution in [0.2, 0.25) is 25.7 Å². The summed E-state index contributed by atoms with van der Waals surface area (Å²) in [6, 6.07) is 6.54. The Morgan fingerprint density at radius 3 is 2.76 bits per heavy atom. The summed E-state index contributed by atoms with van der Waals surface area (Å²) in [5.74, 6) is -0.357. The molecule has 2 aromatic rings. The summed E-state index contributed by atoms with van der Waals surface area (Å²) in [6.07, 6.45) is 1.70. The molecule has 0 aliphatic rings. The molecular weight excluding hydrogens is 284 g/mol. The van der Waals surface area contributed by atoms with Crippen LogP contribution in [0.1, 0.15) is 10.4 Å². The molecule has 0 spiro atoms. The highest BCUT2D eigenvalue weighted by Gasteiger charge is 2.15. The molecule has 114 valence electrons. The Labute approximate surface area is 125 Å². The van der Waals surface area contributed by atoms with Gasteiger partial charge in [-0.15, -0.1) is 0 Å². The Kier molecular flexibility index (Phi) is 4.79. The van der Waals surface area contributed by atoms with Gasteiger partial charge in [-0.25, -0.2) is 9.78 Å². The SMILES string of the molecule is COC(=O)c1cccc2ncn(COCC[Si](C)(C)C)c12. The average Bonchev–Trinajstić information content (AvgIpc) is 2.85. The van der Waals surface area contributed by atoms with Crippen LogP contribution in [0, 0.1) is 0 Å². The molecule has 0 fully saturated rings. The lowest BCUT2D eigenvalue weighted by Gasteiger charge is -2.15. The van der Waals surface area contributed by atoms with Crippen LogP contribution < -0.4 is 0 Å². The van der Waals surface area contributed by atoms with E-state index < -0.39 is 8.07 Å². The van der Waals surface area contributed by atoms with E-state index in [1.807, 2.05) is 10.6 Å². The molecular formula is C15H22N2O3Si. The monoisotopic (exact) mass is 306 g/mol. The number of rotatable bonds is 6. The van der Waals surface area contributed by atoms with E-state index in [4.69, 9.17) is 9.47 Å². The Balaban J connectivity index is 2.15. The molecule has 0 radical (unpaired) electrons. The van der Waals surface area contributed by atoms with Crippen LogP contribution in [-0.2, 0) is 16.2 Å². The molecule has 0 aliphatic carbocycles. The molecule has 0 N–H and O–H groups in total. The molecule has 21 heavy (non-hydrogen) atoms. The van der Waals surface area contributed by atoms with Crippen LogP contribution in [0.25, 0.3) is 11.0 Å². The number of ether oxygens (including phenoxy) is 2. The van der Waals surface area contributed by atoms with Crippen molar-refractivity contribution in [3.05, 3.63) is 30.1 Å². The predicted octanol–water partition coefficient (Wildman–Crippen LogP) is 3.14. The number of para-hydroxylation sites is 1. The van der Waals surface area contributed by atoms with Gasteiger partial charge in [0.05, 0.1) is 30.0 Å². The number of carbonyl (C=O) groups excluding carboxylic acids is 1. The van der Waals surface area contributed by atoms with E-state index in [0.29, 0.717) is 12.3 Å². The maximum absolute atomic E-state index is 11.8. The van der Waals surface area contributed by atoms with E-state index in [1.165, 1.54) is 7.11 Å². The number of hydrogen-bond donors (Lipinski definition) is 0. The lowest BCUT2D eigenvalue weighted by molar-refractivity contribution is 0.0601. The van der Waals surface area contributed by atoms with Crippen molar-refractivity contribution in [3.8, 4) is 0 Å². The highest BCUT2D eigenvalue weighted by atomic mass is 28.3.